The van der Waals surface area contributed by atoms with Crippen molar-refractivity contribution in [2.75, 3.05) is 0 Å². The van der Waals surface area contributed by atoms with Crippen molar-refractivity contribution in [2.24, 2.45) is 5.73 Å². The number of halogens is 1. The Bertz CT molecular complexity index is 509. The zero-order chi connectivity index (χ0) is 13.0. The fourth-order valence-electron chi connectivity index (χ4n) is 1.93. The topological polar surface area (TPSA) is 56.7 Å². The maximum atomic E-state index is 13.6. The Hall–Kier alpha value is -1.75. The fourth-order valence-corrected chi connectivity index (χ4v) is 1.93. The summed E-state index contributed by atoms with van der Waals surface area (Å²) >= 11 is 0. The van der Waals surface area contributed by atoms with Gasteiger partial charge >= 0.3 is 0 Å². The smallest absolute Gasteiger partial charge is 0.138 e. The highest BCUT2D eigenvalue weighted by atomic mass is 19.1. The van der Waals surface area contributed by atoms with Crippen LogP contribution in [0.15, 0.2) is 30.6 Å². The van der Waals surface area contributed by atoms with Gasteiger partial charge in [0.1, 0.15) is 18.0 Å². The van der Waals surface area contributed by atoms with Crippen LogP contribution in [0.4, 0.5) is 4.39 Å². The van der Waals surface area contributed by atoms with Gasteiger partial charge in [0.25, 0.3) is 0 Å². The van der Waals surface area contributed by atoms with E-state index in [1.54, 1.807) is 18.2 Å². The maximum absolute atomic E-state index is 13.6. The van der Waals surface area contributed by atoms with Crippen molar-refractivity contribution in [3.05, 3.63) is 47.8 Å². The first-order chi connectivity index (χ1) is 8.72. The first-order valence-electron chi connectivity index (χ1n) is 6.09. The van der Waals surface area contributed by atoms with Crippen LogP contribution in [0, 0.1) is 5.82 Å². The predicted molar refractivity (Wildman–Crippen MR) is 67.3 cm³/mol. The van der Waals surface area contributed by atoms with Gasteiger partial charge in [0.2, 0.25) is 0 Å². The molecule has 18 heavy (non-hydrogen) atoms. The van der Waals surface area contributed by atoms with Gasteiger partial charge in [-0.15, -0.1) is 0 Å². The molecule has 0 aliphatic heterocycles. The summed E-state index contributed by atoms with van der Waals surface area (Å²) in [4.78, 5) is 4.18. The van der Waals surface area contributed by atoms with Crippen molar-refractivity contribution in [3.8, 4) is 0 Å². The molecule has 0 radical (unpaired) electrons. The summed E-state index contributed by atoms with van der Waals surface area (Å²) in [6.45, 7) is 2.88. The van der Waals surface area contributed by atoms with Gasteiger partial charge in [-0.25, -0.2) is 9.37 Å². The second-order valence-electron chi connectivity index (χ2n) is 4.23. The van der Waals surface area contributed by atoms with Crippen LogP contribution in [0.25, 0.3) is 0 Å². The Balaban J connectivity index is 2.14. The molecule has 96 valence electrons. The molecule has 0 bridgehead atoms. The van der Waals surface area contributed by atoms with Gasteiger partial charge in [-0.3, -0.25) is 4.68 Å². The van der Waals surface area contributed by atoms with Crippen LogP contribution in [0.2, 0.25) is 0 Å². The Kier molecular flexibility index (Phi) is 4.04. The van der Waals surface area contributed by atoms with Crippen molar-refractivity contribution in [3.63, 3.8) is 0 Å². The molecule has 2 N–H and O–H groups in total. The molecule has 1 atom stereocenters. The van der Waals surface area contributed by atoms with Crippen LogP contribution in [-0.4, -0.2) is 14.8 Å². The normalized spacial score (nSPS) is 12.6. The number of hydrogen-bond acceptors (Lipinski definition) is 3. The molecule has 0 aliphatic carbocycles. The molecule has 1 aromatic carbocycles. The Labute approximate surface area is 106 Å². The minimum absolute atomic E-state index is 0.272. The van der Waals surface area contributed by atoms with E-state index < -0.39 is 6.04 Å². The quantitative estimate of drug-likeness (QED) is 0.881. The van der Waals surface area contributed by atoms with Crippen molar-refractivity contribution >= 4 is 0 Å². The molecule has 0 spiro atoms. The van der Waals surface area contributed by atoms with Crippen LogP contribution < -0.4 is 5.73 Å². The van der Waals surface area contributed by atoms with Crippen molar-refractivity contribution < 1.29 is 4.39 Å². The SMILES string of the molecule is CCCn1ncnc1CC(N)c1ccccc1F. The Morgan fingerprint density at radius 2 is 2.17 bits per heavy atom. The number of rotatable bonds is 5. The van der Waals surface area contributed by atoms with E-state index in [-0.39, 0.29) is 5.82 Å². The second-order valence-corrected chi connectivity index (χ2v) is 4.23. The highest BCUT2D eigenvalue weighted by Crippen LogP contribution is 2.17. The molecule has 0 amide bonds. The first kappa shape index (κ1) is 12.7. The van der Waals surface area contributed by atoms with Gasteiger partial charge < -0.3 is 5.73 Å². The number of benzene rings is 1. The molecule has 0 aliphatic rings. The Morgan fingerprint density at radius 1 is 1.39 bits per heavy atom. The lowest BCUT2D eigenvalue weighted by Crippen LogP contribution is -2.18. The molecule has 1 heterocycles. The summed E-state index contributed by atoms with van der Waals surface area (Å²) in [6, 6.07) is 6.18. The van der Waals surface area contributed by atoms with E-state index in [1.807, 2.05) is 4.68 Å². The summed E-state index contributed by atoms with van der Waals surface area (Å²) in [5.74, 6) is 0.527. The molecule has 0 fully saturated rings. The summed E-state index contributed by atoms with van der Waals surface area (Å²) in [7, 11) is 0. The third-order valence-electron chi connectivity index (χ3n) is 2.84. The van der Waals surface area contributed by atoms with E-state index in [2.05, 4.69) is 17.0 Å². The van der Waals surface area contributed by atoms with Gasteiger partial charge in [0.05, 0.1) is 0 Å². The number of nitrogens with zero attached hydrogens (tertiary/aromatic N) is 3. The van der Waals surface area contributed by atoms with E-state index in [0.717, 1.165) is 18.8 Å². The number of nitrogens with two attached hydrogens (primary N) is 1. The molecule has 0 saturated carbocycles. The maximum Gasteiger partial charge on any atom is 0.138 e. The van der Waals surface area contributed by atoms with Crippen LogP contribution >= 0.6 is 0 Å². The van der Waals surface area contributed by atoms with E-state index in [4.69, 9.17) is 5.73 Å². The molecule has 0 saturated heterocycles. The van der Waals surface area contributed by atoms with Crippen molar-refractivity contribution in [1.82, 2.24) is 14.8 Å². The van der Waals surface area contributed by atoms with Crippen molar-refractivity contribution in [2.45, 2.75) is 32.4 Å². The van der Waals surface area contributed by atoms with E-state index >= 15 is 0 Å². The predicted octanol–water partition coefficient (Wildman–Crippen LogP) is 2.07. The highest BCUT2D eigenvalue weighted by molar-refractivity contribution is 5.21. The van der Waals surface area contributed by atoms with Crippen molar-refractivity contribution in [1.29, 1.82) is 0 Å². The highest BCUT2D eigenvalue weighted by Gasteiger charge is 2.14. The van der Waals surface area contributed by atoms with Crippen LogP contribution in [0.1, 0.15) is 30.8 Å². The number of aromatic nitrogens is 3. The zero-order valence-corrected chi connectivity index (χ0v) is 10.4. The molecule has 4 nitrogen and oxygen atoms in total. The zero-order valence-electron chi connectivity index (χ0n) is 10.4. The van der Waals surface area contributed by atoms with Gasteiger partial charge in [0.15, 0.2) is 0 Å². The van der Waals surface area contributed by atoms with E-state index in [9.17, 15) is 4.39 Å². The molecule has 5 heteroatoms. The minimum atomic E-state index is -0.397. The molecular formula is C13H17FN4. The van der Waals surface area contributed by atoms with Gasteiger partial charge in [-0.05, 0) is 12.5 Å². The Morgan fingerprint density at radius 3 is 2.89 bits per heavy atom. The molecule has 2 aromatic rings. The molecule has 2 rings (SSSR count). The van der Waals surface area contributed by atoms with Gasteiger partial charge in [0, 0.05) is 24.6 Å². The monoisotopic (exact) mass is 248 g/mol. The summed E-state index contributed by atoms with van der Waals surface area (Å²) in [5, 5.41) is 4.13. The van der Waals surface area contributed by atoms with E-state index in [1.165, 1.54) is 12.4 Å². The minimum Gasteiger partial charge on any atom is -0.323 e. The largest absolute Gasteiger partial charge is 0.323 e. The third kappa shape index (κ3) is 2.73. The van der Waals surface area contributed by atoms with Crippen LogP contribution in [0.5, 0.6) is 0 Å². The lowest BCUT2D eigenvalue weighted by molar-refractivity contribution is 0.533. The average Bonchev–Trinajstić information content (AvgIpc) is 2.78. The standard InChI is InChI=1S/C13H17FN4/c1-2-7-18-13(16-9-17-18)8-12(15)10-5-3-4-6-11(10)14/h3-6,9,12H,2,7-8,15H2,1H3. The summed E-state index contributed by atoms with van der Waals surface area (Å²) in [5.41, 5.74) is 6.55. The average molecular weight is 248 g/mol. The van der Waals surface area contributed by atoms with Gasteiger partial charge in [-0.2, -0.15) is 5.10 Å². The van der Waals surface area contributed by atoms with Crippen LogP contribution in [0.3, 0.4) is 0 Å². The van der Waals surface area contributed by atoms with Crippen LogP contribution in [-0.2, 0) is 13.0 Å². The summed E-state index contributed by atoms with van der Waals surface area (Å²) in [6.07, 6.45) is 2.98. The third-order valence-corrected chi connectivity index (χ3v) is 2.84. The molecule has 1 aromatic heterocycles. The molecular weight excluding hydrogens is 231 g/mol. The number of hydrogen-bond donors (Lipinski definition) is 1. The first-order valence-corrected chi connectivity index (χ1v) is 6.09. The fraction of sp³-hybridized carbons (Fsp3) is 0.385. The molecule has 1 unspecified atom stereocenters. The second kappa shape index (κ2) is 5.73. The lowest BCUT2D eigenvalue weighted by Gasteiger charge is -2.13. The lowest BCUT2D eigenvalue weighted by atomic mass is 10.0. The summed E-state index contributed by atoms with van der Waals surface area (Å²) < 4.78 is 15.4. The van der Waals surface area contributed by atoms with E-state index in [0.29, 0.717) is 12.0 Å². The number of aryl methyl sites for hydroxylation is 1. The van der Waals surface area contributed by atoms with Gasteiger partial charge in [-0.1, -0.05) is 25.1 Å².